The largest absolute Gasteiger partial charge is 0.378 e. The second-order valence-electron chi connectivity index (χ2n) is 7.28. The summed E-state index contributed by atoms with van der Waals surface area (Å²) < 4.78 is 61.7. The Morgan fingerprint density at radius 2 is 1.67 bits per heavy atom. The molecule has 2 aliphatic rings. The third-order valence-corrected chi connectivity index (χ3v) is 9.93. The van der Waals surface area contributed by atoms with E-state index in [1.165, 1.54) is 16.4 Å². The van der Waals surface area contributed by atoms with Gasteiger partial charge in [-0.1, -0.05) is 12.5 Å². The lowest BCUT2D eigenvalue weighted by Crippen LogP contribution is -2.37. The highest BCUT2D eigenvalue weighted by atomic mass is 32.2. The number of sulfonamides is 2. The van der Waals surface area contributed by atoms with E-state index in [1.807, 2.05) is 4.90 Å². The second-order valence-corrected chi connectivity index (χ2v) is 12.1. The molecule has 8 nitrogen and oxygen atoms in total. The minimum absolute atomic E-state index is 0.102. The summed E-state index contributed by atoms with van der Waals surface area (Å²) in [6.45, 7) is 3.25. The van der Waals surface area contributed by atoms with Gasteiger partial charge in [0, 0.05) is 26.2 Å². The lowest BCUT2D eigenvalue weighted by molar-refractivity contribution is 0.123. The molecule has 0 amide bonds. The summed E-state index contributed by atoms with van der Waals surface area (Å²) in [5.41, 5.74) is 0.916. The molecule has 2 fully saturated rings. The fourth-order valence-electron chi connectivity index (χ4n) is 3.70. The van der Waals surface area contributed by atoms with Crippen molar-refractivity contribution in [3.63, 3.8) is 0 Å². The molecular formula is C19H25N3O5S3. The smallest absolute Gasteiger partial charge is 0.271 e. The number of benzene rings is 1. The van der Waals surface area contributed by atoms with Crippen molar-refractivity contribution < 1.29 is 21.6 Å². The van der Waals surface area contributed by atoms with Crippen LogP contribution in [0.5, 0.6) is 0 Å². The molecule has 164 valence electrons. The van der Waals surface area contributed by atoms with E-state index in [0.29, 0.717) is 45.1 Å². The molecule has 3 heterocycles. The van der Waals surface area contributed by atoms with Gasteiger partial charge in [0.05, 0.1) is 29.5 Å². The monoisotopic (exact) mass is 471 g/mol. The molecule has 1 N–H and O–H groups in total. The van der Waals surface area contributed by atoms with Crippen LogP contribution in [0, 0.1) is 0 Å². The van der Waals surface area contributed by atoms with Crippen molar-refractivity contribution >= 4 is 42.8 Å². The number of ether oxygens (including phenoxy) is 1. The summed E-state index contributed by atoms with van der Waals surface area (Å²) in [5.74, 6) is 0. The fraction of sp³-hybridized carbons (Fsp3) is 0.474. The molecule has 4 rings (SSSR count). The number of nitrogens with one attached hydrogen (secondary N) is 1. The van der Waals surface area contributed by atoms with Gasteiger partial charge in [-0.3, -0.25) is 4.72 Å². The van der Waals surface area contributed by atoms with E-state index in [1.54, 1.807) is 23.6 Å². The van der Waals surface area contributed by atoms with Crippen molar-refractivity contribution in [3.05, 3.63) is 35.7 Å². The van der Waals surface area contributed by atoms with Crippen LogP contribution in [-0.4, -0.2) is 60.5 Å². The van der Waals surface area contributed by atoms with Gasteiger partial charge in [-0.15, -0.1) is 11.3 Å². The summed E-state index contributed by atoms with van der Waals surface area (Å²) in [6, 6.07) is 7.89. The standard InChI is InChI=1S/C19H25N3O5S3/c23-29(24,19-5-4-14-28-19)20-17-15-16(30(25,26)22-8-2-1-3-9-22)6-7-18(17)21-10-12-27-13-11-21/h4-7,14-15,20H,1-3,8-13H2. The van der Waals surface area contributed by atoms with Crippen LogP contribution in [0.2, 0.25) is 0 Å². The Labute approximate surface area is 181 Å². The minimum atomic E-state index is -3.82. The zero-order valence-electron chi connectivity index (χ0n) is 16.5. The Hall–Kier alpha value is -1.66. The molecule has 1 aromatic heterocycles. The van der Waals surface area contributed by atoms with Crippen molar-refractivity contribution in [3.8, 4) is 0 Å². The summed E-state index contributed by atoms with van der Waals surface area (Å²) in [6.07, 6.45) is 2.69. The number of nitrogens with zero attached hydrogens (tertiary/aromatic N) is 2. The first-order chi connectivity index (χ1) is 14.4. The van der Waals surface area contributed by atoms with Gasteiger partial charge in [-0.2, -0.15) is 4.31 Å². The minimum Gasteiger partial charge on any atom is -0.378 e. The first-order valence-corrected chi connectivity index (χ1v) is 13.7. The predicted octanol–water partition coefficient (Wildman–Crippen LogP) is 2.56. The summed E-state index contributed by atoms with van der Waals surface area (Å²) >= 11 is 1.11. The number of hydrogen-bond donors (Lipinski definition) is 1. The molecule has 0 saturated carbocycles. The predicted molar refractivity (Wildman–Crippen MR) is 117 cm³/mol. The highest BCUT2D eigenvalue weighted by Crippen LogP contribution is 2.33. The Balaban J connectivity index is 1.73. The van der Waals surface area contributed by atoms with E-state index in [9.17, 15) is 16.8 Å². The third-order valence-electron chi connectivity index (χ3n) is 5.28. The molecule has 0 unspecified atom stereocenters. The van der Waals surface area contributed by atoms with Crippen LogP contribution in [0.4, 0.5) is 11.4 Å². The van der Waals surface area contributed by atoms with Crippen molar-refractivity contribution in [1.82, 2.24) is 4.31 Å². The van der Waals surface area contributed by atoms with Gasteiger partial charge in [0.2, 0.25) is 10.0 Å². The molecule has 0 bridgehead atoms. The number of piperidine rings is 1. The molecule has 0 spiro atoms. The van der Waals surface area contributed by atoms with Crippen LogP contribution in [0.25, 0.3) is 0 Å². The highest BCUT2D eigenvalue weighted by molar-refractivity contribution is 7.94. The summed E-state index contributed by atoms with van der Waals surface area (Å²) in [7, 11) is -7.50. The van der Waals surface area contributed by atoms with E-state index >= 15 is 0 Å². The summed E-state index contributed by atoms with van der Waals surface area (Å²) in [5, 5.41) is 1.69. The first kappa shape index (κ1) is 21.6. The number of hydrogen-bond acceptors (Lipinski definition) is 7. The molecule has 2 saturated heterocycles. The molecule has 1 aromatic carbocycles. The van der Waals surface area contributed by atoms with Crippen molar-refractivity contribution in [2.45, 2.75) is 28.4 Å². The van der Waals surface area contributed by atoms with Crippen LogP contribution < -0.4 is 9.62 Å². The van der Waals surface area contributed by atoms with E-state index in [2.05, 4.69) is 4.72 Å². The maximum absolute atomic E-state index is 13.1. The highest BCUT2D eigenvalue weighted by Gasteiger charge is 2.28. The normalized spacial score (nSPS) is 19.0. The van der Waals surface area contributed by atoms with E-state index in [-0.39, 0.29) is 14.8 Å². The lowest BCUT2D eigenvalue weighted by Gasteiger charge is -2.31. The Morgan fingerprint density at radius 1 is 0.933 bits per heavy atom. The number of anilines is 2. The van der Waals surface area contributed by atoms with Gasteiger partial charge >= 0.3 is 0 Å². The van der Waals surface area contributed by atoms with Gasteiger partial charge in [-0.25, -0.2) is 16.8 Å². The lowest BCUT2D eigenvalue weighted by atomic mass is 10.2. The molecule has 11 heteroatoms. The van der Waals surface area contributed by atoms with E-state index in [0.717, 1.165) is 30.6 Å². The average Bonchev–Trinajstić information content (AvgIpc) is 3.31. The molecular weight excluding hydrogens is 446 g/mol. The van der Waals surface area contributed by atoms with Crippen LogP contribution in [-0.2, 0) is 24.8 Å². The molecule has 0 aliphatic carbocycles. The number of rotatable bonds is 6. The van der Waals surface area contributed by atoms with Crippen LogP contribution in [0.15, 0.2) is 44.8 Å². The van der Waals surface area contributed by atoms with Gasteiger partial charge in [-0.05, 0) is 42.5 Å². The number of thiophene rings is 1. The van der Waals surface area contributed by atoms with Crippen LogP contribution >= 0.6 is 11.3 Å². The maximum Gasteiger partial charge on any atom is 0.271 e. The average molecular weight is 472 g/mol. The molecule has 30 heavy (non-hydrogen) atoms. The van der Waals surface area contributed by atoms with Crippen molar-refractivity contribution in [2.75, 3.05) is 49.0 Å². The second kappa shape index (κ2) is 8.83. The zero-order chi connectivity index (χ0) is 21.2. The molecule has 0 atom stereocenters. The fourth-order valence-corrected chi connectivity index (χ4v) is 7.31. The van der Waals surface area contributed by atoms with Gasteiger partial charge in [0.25, 0.3) is 10.0 Å². The number of morpholine rings is 1. The van der Waals surface area contributed by atoms with Gasteiger partial charge in [0.15, 0.2) is 0 Å². The Bertz CT molecular complexity index is 1070. The first-order valence-electron chi connectivity index (χ1n) is 9.91. The topological polar surface area (TPSA) is 96.0 Å². The van der Waals surface area contributed by atoms with Gasteiger partial charge in [0.1, 0.15) is 4.21 Å². The van der Waals surface area contributed by atoms with E-state index in [4.69, 9.17) is 4.74 Å². The molecule has 2 aliphatic heterocycles. The SMILES string of the molecule is O=S(=O)(Nc1cc(S(=O)(=O)N2CCCCC2)ccc1N1CCOCC1)c1cccs1. The van der Waals surface area contributed by atoms with Crippen molar-refractivity contribution in [1.29, 1.82) is 0 Å². The van der Waals surface area contributed by atoms with Crippen LogP contribution in [0.3, 0.4) is 0 Å². The van der Waals surface area contributed by atoms with Gasteiger partial charge < -0.3 is 9.64 Å². The zero-order valence-corrected chi connectivity index (χ0v) is 18.9. The van der Waals surface area contributed by atoms with Crippen molar-refractivity contribution in [2.24, 2.45) is 0 Å². The quantitative estimate of drug-likeness (QED) is 0.696. The maximum atomic E-state index is 13.1. The Kier molecular flexibility index (Phi) is 6.35. The summed E-state index contributed by atoms with van der Waals surface area (Å²) in [4.78, 5) is 2.11. The van der Waals surface area contributed by atoms with Crippen LogP contribution in [0.1, 0.15) is 19.3 Å². The Morgan fingerprint density at radius 3 is 2.33 bits per heavy atom. The molecule has 0 radical (unpaired) electrons. The molecule has 2 aromatic rings. The third kappa shape index (κ3) is 4.50. The van der Waals surface area contributed by atoms with E-state index < -0.39 is 20.0 Å².